The number of hydrogen-bond donors (Lipinski definition) is 0. The van der Waals surface area contributed by atoms with E-state index in [1.807, 2.05) is 0 Å². The van der Waals surface area contributed by atoms with Gasteiger partial charge in [0.15, 0.2) is 0 Å². The summed E-state index contributed by atoms with van der Waals surface area (Å²) < 4.78 is 26.9. The maximum atomic E-state index is 13.5. The molecule has 0 aromatic rings. The van der Waals surface area contributed by atoms with Gasteiger partial charge in [-0.1, -0.05) is 6.42 Å². The van der Waals surface area contributed by atoms with Crippen molar-refractivity contribution >= 4 is 0 Å². The fourth-order valence-electron chi connectivity index (χ4n) is 4.15. The zero-order valence-corrected chi connectivity index (χ0v) is 9.80. The summed E-state index contributed by atoms with van der Waals surface area (Å²) in [6.45, 7) is 0. The number of piperidine rings is 1. The van der Waals surface area contributed by atoms with Crippen LogP contribution in [0.5, 0.6) is 0 Å². The van der Waals surface area contributed by atoms with Gasteiger partial charge in [0.1, 0.15) is 0 Å². The van der Waals surface area contributed by atoms with Crippen LogP contribution in [0.2, 0.25) is 0 Å². The van der Waals surface area contributed by atoms with Crippen molar-refractivity contribution in [2.45, 2.75) is 81.8 Å². The average molecular weight is 229 g/mol. The molecule has 2 bridgehead atoms. The predicted octanol–water partition coefficient (Wildman–Crippen LogP) is 3.58. The molecule has 2 heterocycles. The lowest BCUT2D eigenvalue weighted by Gasteiger charge is -2.44. The molecule has 0 aromatic carbocycles. The summed E-state index contributed by atoms with van der Waals surface area (Å²) in [5, 5.41) is 0. The number of rotatable bonds is 1. The van der Waals surface area contributed by atoms with E-state index in [0.717, 1.165) is 6.42 Å². The van der Waals surface area contributed by atoms with Crippen molar-refractivity contribution in [2.75, 3.05) is 0 Å². The number of halogens is 2. The van der Waals surface area contributed by atoms with E-state index in [4.69, 9.17) is 0 Å². The third kappa shape index (κ3) is 1.87. The van der Waals surface area contributed by atoms with Gasteiger partial charge in [0, 0.05) is 31.0 Å². The van der Waals surface area contributed by atoms with Crippen LogP contribution < -0.4 is 0 Å². The second kappa shape index (κ2) is 3.94. The summed E-state index contributed by atoms with van der Waals surface area (Å²) in [5.41, 5.74) is 0. The van der Waals surface area contributed by atoms with E-state index < -0.39 is 5.92 Å². The van der Waals surface area contributed by atoms with E-state index in [2.05, 4.69) is 4.90 Å². The van der Waals surface area contributed by atoms with Gasteiger partial charge >= 0.3 is 0 Å². The van der Waals surface area contributed by atoms with Gasteiger partial charge in [0.2, 0.25) is 5.92 Å². The Hall–Kier alpha value is -0.180. The van der Waals surface area contributed by atoms with Crippen molar-refractivity contribution in [2.24, 2.45) is 0 Å². The monoisotopic (exact) mass is 229 g/mol. The van der Waals surface area contributed by atoms with E-state index in [1.165, 1.54) is 32.1 Å². The molecule has 2 saturated heterocycles. The molecular formula is C13H21F2N. The first kappa shape index (κ1) is 10.9. The Balaban J connectivity index is 1.72. The van der Waals surface area contributed by atoms with Crippen LogP contribution in [0.3, 0.4) is 0 Å². The first-order valence-electron chi connectivity index (χ1n) is 6.81. The Morgan fingerprint density at radius 2 is 1.44 bits per heavy atom. The second-order valence-corrected chi connectivity index (χ2v) is 5.87. The highest BCUT2D eigenvalue weighted by atomic mass is 19.3. The van der Waals surface area contributed by atoms with Gasteiger partial charge in [-0.05, 0) is 38.5 Å². The number of hydrogen-bond acceptors (Lipinski definition) is 1. The van der Waals surface area contributed by atoms with Crippen molar-refractivity contribution in [3.8, 4) is 0 Å². The Morgan fingerprint density at radius 3 is 2.06 bits per heavy atom. The number of nitrogens with zero attached hydrogens (tertiary/aromatic N) is 1. The molecule has 0 aromatic heterocycles. The van der Waals surface area contributed by atoms with Crippen LogP contribution in [0.1, 0.15) is 57.8 Å². The van der Waals surface area contributed by atoms with Crippen molar-refractivity contribution in [3.63, 3.8) is 0 Å². The highest BCUT2D eigenvalue weighted by Gasteiger charge is 2.45. The summed E-state index contributed by atoms with van der Waals surface area (Å²) in [7, 11) is 0. The molecule has 3 aliphatic rings. The molecule has 3 atom stereocenters. The molecule has 1 saturated carbocycles. The zero-order chi connectivity index (χ0) is 11.2. The third-order valence-corrected chi connectivity index (χ3v) is 4.79. The van der Waals surface area contributed by atoms with Crippen LogP contribution in [0.4, 0.5) is 8.78 Å². The molecule has 2 aliphatic heterocycles. The van der Waals surface area contributed by atoms with Crippen LogP contribution in [0.25, 0.3) is 0 Å². The maximum absolute atomic E-state index is 13.5. The third-order valence-electron chi connectivity index (χ3n) is 4.79. The van der Waals surface area contributed by atoms with E-state index in [-0.39, 0.29) is 18.9 Å². The minimum absolute atomic E-state index is 0.118. The van der Waals surface area contributed by atoms with Crippen molar-refractivity contribution in [1.29, 1.82) is 0 Å². The minimum atomic E-state index is -2.39. The lowest BCUT2D eigenvalue weighted by molar-refractivity contribution is -0.0756. The SMILES string of the molecule is FC1(F)CCC[C@H](N2[C@@H]3CCC[C@H]2CC3)C1. The smallest absolute Gasteiger partial charge is 0.249 e. The van der Waals surface area contributed by atoms with Crippen molar-refractivity contribution < 1.29 is 8.78 Å². The molecule has 3 heteroatoms. The summed E-state index contributed by atoms with van der Waals surface area (Å²) in [4.78, 5) is 2.48. The fraction of sp³-hybridized carbons (Fsp3) is 1.00. The predicted molar refractivity (Wildman–Crippen MR) is 59.7 cm³/mol. The van der Waals surface area contributed by atoms with Gasteiger partial charge in [-0.15, -0.1) is 0 Å². The fourth-order valence-corrected chi connectivity index (χ4v) is 4.15. The Morgan fingerprint density at radius 1 is 0.812 bits per heavy atom. The molecule has 1 nitrogen and oxygen atoms in total. The highest BCUT2D eigenvalue weighted by Crippen LogP contribution is 2.43. The van der Waals surface area contributed by atoms with Crippen molar-refractivity contribution in [1.82, 2.24) is 4.90 Å². The summed E-state index contributed by atoms with van der Waals surface area (Å²) in [6, 6.07) is 1.46. The summed E-state index contributed by atoms with van der Waals surface area (Å²) in [6.07, 6.45) is 8.29. The summed E-state index contributed by atoms with van der Waals surface area (Å²) >= 11 is 0. The Labute approximate surface area is 96.2 Å². The topological polar surface area (TPSA) is 3.24 Å². The number of fused-ring (bicyclic) bond motifs is 2. The van der Waals surface area contributed by atoms with E-state index in [9.17, 15) is 8.78 Å². The lowest BCUT2D eigenvalue weighted by atomic mass is 9.88. The lowest BCUT2D eigenvalue weighted by Crippen LogP contribution is -2.50. The van der Waals surface area contributed by atoms with E-state index >= 15 is 0 Å². The largest absolute Gasteiger partial charge is 0.294 e. The zero-order valence-electron chi connectivity index (χ0n) is 9.80. The molecule has 92 valence electrons. The van der Waals surface area contributed by atoms with Gasteiger partial charge in [0.05, 0.1) is 0 Å². The van der Waals surface area contributed by atoms with Crippen LogP contribution in [-0.4, -0.2) is 28.9 Å². The van der Waals surface area contributed by atoms with Gasteiger partial charge in [0.25, 0.3) is 0 Å². The molecule has 3 fully saturated rings. The van der Waals surface area contributed by atoms with Crippen LogP contribution >= 0.6 is 0 Å². The van der Waals surface area contributed by atoms with E-state index in [0.29, 0.717) is 18.5 Å². The Kier molecular flexibility index (Phi) is 2.69. The highest BCUT2D eigenvalue weighted by molar-refractivity contribution is 4.97. The Bertz CT molecular complexity index is 251. The van der Waals surface area contributed by atoms with Gasteiger partial charge in [-0.25, -0.2) is 8.78 Å². The molecule has 0 radical (unpaired) electrons. The first-order chi connectivity index (χ1) is 7.66. The molecule has 0 spiro atoms. The minimum Gasteiger partial charge on any atom is -0.294 e. The van der Waals surface area contributed by atoms with Crippen LogP contribution in [0.15, 0.2) is 0 Å². The van der Waals surface area contributed by atoms with Crippen LogP contribution in [0, 0.1) is 0 Å². The first-order valence-corrected chi connectivity index (χ1v) is 6.81. The van der Waals surface area contributed by atoms with E-state index in [1.54, 1.807) is 0 Å². The van der Waals surface area contributed by atoms with Gasteiger partial charge in [-0.2, -0.15) is 0 Å². The standard InChI is InChI=1S/C13H21F2N/c14-13(15)8-2-5-12(9-13)16-10-3-1-4-11(16)7-6-10/h10-12H,1-9H2/t10-,11+,12-/m0/s1. The molecule has 3 rings (SSSR count). The molecule has 0 N–H and O–H groups in total. The van der Waals surface area contributed by atoms with Crippen LogP contribution in [-0.2, 0) is 0 Å². The van der Waals surface area contributed by atoms with Gasteiger partial charge in [-0.3, -0.25) is 4.90 Å². The molecule has 0 amide bonds. The molecule has 16 heavy (non-hydrogen) atoms. The molecule has 1 aliphatic carbocycles. The summed E-state index contributed by atoms with van der Waals surface area (Å²) in [5.74, 6) is -2.39. The number of alkyl halides is 2. The quantitative estimate of drug-likeness (QED) is 0.664. The molecule has 0 unspecified atom stereocenters. The normalized spacial score (nSPS) is 43.5. The average Bonchev–Trinajstić information content (AvgIpc) is 2.47. The van der Waals surface area contributed by atoms with Gasteiger partial charge < -0.3 is 0 Å². The second-order valence-electron chi connectivity index (χ2n) is 5.87. The van der Waals surface area contributed by atoms with Crippen molar-refractivity contribution in [3.05, 3.63) is 0 Å². The molecular weight excluding hydrogens is 208 g/mol. The maximum Gasteiger partial charge on any atom is 0.249 e.